The molecular weight excluding hydrogens is 202 g/mol. The fourth-order valence-corrected chi connectivity index (χ4v) is 2.70. The Morgan fingerprint density at radius 2 is 2.15 bits per heavy atom. The van der Waals surface area contributed by atoms with E-state index >= 15 is 0 Å². The van der Waals surface area contributed by atoms with Gasteiger partial charge in [0.15, 0.2) is 0 Å². The van der Waals surface area contributed by atoms with Crippen LogP contribution in [-0.2, 0) is 6.42 Å². The second-order valence-electron chi connectivity index (χ2n) is 3.34. The normalized spacial score (nSPS) is 13.2. The van der Waals surface area contributed by atoms with Gasteiger partial charge in [0.2, 0.25) is 0 Å². The van der Waals surface area contributed by atoms with Gasteiger partial charge in [0.1, 0.15) is 0 Å². The maximum absolute atomic E-state index is 6.14. The molecule has 1 aromatic rings. The van der Waals surface area contributed by atoms with E-state index in [9.17, 15) is 0 Å². The van der Waals surface area contributed by atoms with Gasteiger partial charge in [-0.3, -0.25) is 0 Å². The summed E-state index contributed by atoms with van der Waals surface area (Å²) in [5.74, 6) is 0. The lowest BCUT2D eigenvalue weighted by molar-refractivity contribution is 0.723. The molecule has 0 saturated heterocycles. The van der Waals surface area contributed by atoms with Crippen molar-refractivity contribution in [1.29, 1.82) is 0 Å². The minimum Gasteiger partial charge on any atom is -0.246 e. The molecule has 1 unspecified atom stereocenters. The second kappa shape index (κ2) is 4.97. The van der Waals surface area contributed by atoms with Crippen LogP contribution in [0, 0.1) is 13.8 Å². The highest BCUT2D eigenvalue weighted by molar-refractivity contribution is 7.11. The molecule has 0 aromatic carbocycles. The number of nitrogens with zero attached hydrogens (tertiary/aromatic N) is 1. The first-order valence-corrected chi connectivity index (χ1v) is 5.95. The van der Waals surface area contributed by atoms with Crippen LogP contribution in [0.2, 0.25) is 0 Å². The van der Waals surface area contributed by atoms with Crippen LogP contribution in [-0.4, -0.2) is 10.4 Å². The molecule has 1 heterocycles. The second-order valence-corrected chi connectivity index (χ2v) is 5.24. The zero-order valence-electron chi connectivity index (χ0n) is 8.43. The molecule has 13 heavy (non-hydrogen) atoms. The van der Waals surface area contributed by atoms with E-state index in [-0.39, 0.29) is 5.38 Å². The van der Waals surface area contributed by atoms with Crippen molar-refractivity contribution in [3.8, 4) is 0 Å². The summed E-state index contributed by atoms with van der Waals surface area (Å²) < 4.78 is 0. The number of alkyl halides is 1. The Balaban J connectivity index is 2.53. The van der Waals surface area contributed by atoms with E-state index in [1.54, 1.807) is 11.3 Å². The molecule has 0 radical (unpaired) electrons. The molecule has 1 rings (SSSR count). The zero-order valence-corrected chi connectivity index (χ0v) is 10.0. The van der Waals surface area contributed by atoms with Gasteiger partial charge < -0.3 is 0 Å². The Morgan fingerprint density at radius 1 is 1.46 bits per heavy atom. The predicted molar refractivity (Wildman–Crippen MR) is 59.8 cm³/mol. The average Bonchev–Trinajstić information content (AvgIpc) is 2.31. The van der Waals surface area contributed by atoms with Crippen LogP contribution in [0.4, 0.5) is 0 Å². The molecule has 0 amide bonds. The highest BCUT2D eigenvalue weighted by Gasteiger charge is 2.09. The lowest BCUT2D eigenvalue weighted by Crippen LogP contribution is -2.02. The van der Waals surface area contributed by atoms with E-state index in [1.807, 2.05) is 0 Å². The largest absolute Gasteiger partial charge is 0.246 e. The number of halogens is 1. The first-order valence-electron chi connectivity index (χ1n) is 4.70. The van der Waals surface area contributed by atoms with Crippen LogP contribution in [0.1, 0.15) is 35.3 Å². The lowest BCUT2D eigenvalue weighted by Gasteiger charge is -2.03. The van der Waals surface area contributed by atoms with Crippen molar-refractivity contribution in [2.24, 2.45) is 0 Å². The van der Waals surface area contributed by atoms with Gasteiger partial charge in [0.25, 0.3) is 0 Å². The maximum atomic E-state index is 6.14. The van der Waals surface area contributed by atoms with Crippen LogP contribution in [0.5, 0.6) is 0 Å². The van der Waals surface area contributed by atoms with Crippen LogP contribution in [0.15, 0.2) is 0 Å². The molecule has 74 valence electrons. The summed E-state index contributed by atoms with van der Waals surface area (Å²) >= 11 is 7.92. The first kappa shape index (κ1) is 11.0. The topological polar surface area (TPSA) is 12.9 Å². The van der Waals surface area contributed by atoms with Gasteiger partial charge in [-0.25, -0.2) is 4.98 Å². The maximum Gasteiger partial charge on any atom is 0.0945 e. The number of aryl methyl sites for hydroxylation is 2. The van der Waals surface area contributed by atoms with E-state index < -0.39 is 0 Å². The first-order chi connectivity index (χ1) is 6.13. The standard InChI is InChI=1S/C10H16ClNS/c1-4-5-9(11)6-10-12-7(2)8(3)13-10/h9H,4-6H2,1-3H3. The van der Waals surface area contributed by atoms with Gasteiger partial charge in [-0.2, -0.15) is 0 Å². The molecule has 3 heteroatoms. The van der Waals surface area contributed by atoms with Crippen LogP contribution >= 0.6 is 22.9 Å². The fraction of sp³-hybridized carbons (Fsp3) is 0.700. The van der Waals surface area contributed by atoms with E-state index in [1.165, 1.54) is 9.88 Å². The summed E-state index contributed by atoms with van der Waals surface area (Å²) in [6, 6.07) is 0. The summed E-state index contributed by atoms with van der Waals surface area (Å²) in [5.41, 5.74) is 1.15. The van der Waals surface area contributed by atoms with E-state index in [0.717, 1.165) is 25.0 Å². The highest BCUT2D eigenvalue weighted by atomic mass is 35.5. The SMILES string of the molecule is CCCC(Cl)Cc1nc(C)c(C)s1. The molecule has 0 saturated carbocycles. The Bertz CT molecular complexity index is 250. The monoisotopic (exact) mass is 217 g/mol. The molecule has 0 fully saturated rings. The molecule has 0 aliphatic rings. The number of rotatable bonds is 4. The quantitative estimate of drug-likeness (QED) is 0.701. The molecule has 1 atom stereocenters. The smallest absolute Gasteiger partial charge is 0.0945 e. The molecule has 1 aromatic heterocycles. The predicted octanol–water partition coefficient (Wildman–Crippen LogP) is 3.71. The number of aromatic nitrogens is 1. The summed E-state index contributed by atoms with van der Waals surface area (Å²) in [6.07, 6.45) is 3.16. The number of thiazole rings is 1. The number of hydrogen-bond donors (Lipinski definition) is 0. The van der Waals surface area contributed by atoms with Crippen LogP contribution < -0.4 is 0 Å². The third-order valence-electron chi connectivity index (χ3n) is 2.07. The summed E-state index contributed by atoms with van der Waals surface area (Å²) in [5, 5.41) is 1.44. The van der Waals surface area contributed by atoms with E-state index in [2.05, 4.69) is 25.8 Å². The van der Waals surface area contributed by atoms with E-state index in [4.69, 9.17) is 11.6 Å². The van der Waals surface area contributed by atoms with Gasteiger partial charge in [0, 0.05) is 16.7 Å². The van der Waals surface area contributed by atoms with Crippen LogP contribution in [0.3, 0.4) is 0 Å². The average molecular weight is 218 g/mol. The molecule has 0 N–H and O–H groups in total. The van der Waals surface area contributed by atoms with Gasteiger partial charge in [0.05, 0.1) is 10.7 Å². The Morgan fingerprint density at radius 3 is 2.62 bits per heavy atom. The third kappa shape index (κ3) is 3.28. The highest BCUT2D eigenvalue weighted by Crippen LogP contribution is 2.20. The van der Waals surface area contributed by atoms with Gasteiger partial charge >= 0.3 is 0 Å². The van der Waals surface area contributed by atoms with E-state index in [0.29, 0.717) is 0 Å². The molecule has 0 aliphatic carbocycles. The molecule has 0 aliphatic heterocycles. The van der Waals surface area contributed by atoms with Crippen molar-refractivity contribution in [2.45, 2.75) is 45.4 Å². The minimum atomic E-state index is 0.259. The summed E-state index contributed by atoms with van der Waals surface area (Å²) in [4.78, 5) is 5.78. The Hall–Kier alpha value is -0.0800. The zero-order chi connectivity index (χ0) is 9.84. The van der Waals surface area contributed by atoms with Crippen molar-refractivity contribution in [2.75, 3.05) is 0 Å². The molecule has 1 nitrogen and oxygen atoms in total. The van der Waals surface area contributed by atoms with Gasteiger partial charge in [-0.1, -0.05) is 13.3 Å². The fourth-order valence-electron chi connectivity index (χ4n) is 1.23. The third-order valence-corrected chi connectivity index (χ3v) is 3.54. The Labute approximate surface area is 89.1 Å². The number of hydrogen-bond acceptors (Lipinski definition) is 2. The van der Waals surface area contributed by atoms with Crippen molar-refractivity contribution in [1.82, 2.24) is 4.98 Å². The molecule has 0 spiro atoms. The molecule has 0 bridgehead atoms. The lowest BCUT2D eigenvalue weighted by atomic mass is 10.2. The molecular formula is C10H16ClNS. The van der Waals surface area contributed by atoms with Crippen molar-refractivity contribution in [3.05, 3.63) is 15.6 Å². The van der Waals surface area contributed by atoms with Crippen molar-refractivity contribution >= 4 is 22.9 Å². The van der Waals surface area contributed by atoms with Crippen molar-refractivity contribution < 1.29 is 0 Å². The van der Waals surface area contributed by atoms with Crippen molar-refractivity contribution in [3.63, 3.8) is 0 Å². The van der Waals surface area contributed by atoms with Crippen LogP contribution in [0.25, 0.3) is 0 Å². The van der Waals surface area contributed by atoms with Gasteiger partial charge in [-0.15, -0.1) is 22.9 Å². The summed E-state index contributed by atoms with van der Waals surface area (Å²) in [7, 11) is 0. The van der Waals surface area contributed by atoms with Gasteiger partial charge in [-0.05, 0) is 20.3 Å². The Kier molecular flexibility index (Phi) is 4.20. The summed E-state index contributed by atoms with van der Waals surface area (Å²) in [6.45, 7) is 6.33. The minimum absolute atomic E-state index is 0.259.